The molecular formula is C13H20ClNO3. The van der Waals surface area contributed by atoms with Crippen LogP contribution in [0.5, 0.6) is 5.75 Å². The van der Waals surface area contributed by atoms with E-state index in [1.807, 2.05) is 13.8 Å². The molecule has 0 spiro atoms. The Morgan fingerprint density at radius 1 is 1.28 bits per heavy atom. The molecule has 1 atom stereocenters. The van der Waals surface area contributed by atoms with Crippen molar-refractivity contribution in [3.05, 3.63) is 29.8 Å². The van der Waals surface area contributed by atoms with E-state index in [-0.39, 0.29) is 18.5 Å². The van der Waals surface area contributed by atoms with Gasteiger partial charge < -0.3 is 15.2 Å². The van der Waals surface area contributed by atoms with Crippen molar-refractivity contribution in [2.24, 2.45) is 5.73 Å². The second-order valence-electron chi connectivity index (χ2n) is 4.38. The molecule has 0 fully saturated rings. The van der Waals surface area contributed by atoms with Gasteiger partial charge in [-0.15, -0.1) is 12.4 Å². The number of rotatable bonds is 4. The zero-order chi connectivity index (χ0) is 13.1. The summed E-state index contributed by atoms with van der Waals surface area (Å²) >= 11 is 0. The molecule has 2 N–H and O–H groups in total. The van der Waals surface area contributed by atoms with Gasteiger partial charge in [-0.3, -0.25) is 0 Å². The van der Waals surface area contributed by atoms with Gasteiger partial charge in [0.15, 0.2) is 0 Å². The normalized spacial score (nSPS) is 13.4. The lowest BCUT2D eigenvalue weighted by atomic mass is 9.93. The molecule has 1 rings (SSSR count). The largest absolute Gasteiger partial charge is 0.491 e. The summed E-state index contributed by atoms with van der Waals surface area (Å²) in [5.41, 5.74) is 5.49. The van der Waals surface area contributed by atoms with Crippen molar-refractivity contribution in [3.63, 3.8) is 0 Å². The minimum absolute atomic E-state index is 0. The molecule has 0 radical (unpaired) electrons. The van der Waals surface area contributed by atoms with E-state index in [9.17, 15) is 4.79 Å². The molecule has 0 unspecified atom stereocenters. The Hall–Kier alpha value is -1.26. The summed E-state index contributed by atoms with van der Waals surface area (Å²) in [6, 6.07) is 7.13. The van der Waals surface area contributed by atoms with E-state index in [1.165, 1.54) is 7.11 Å². The smallest absolute Gasteiger partial charge is 0.330 e. The highest BCUT2D eigenvalue weighted by molar-refractivity contribution is 5.85. The van der Waals surface area contributed by atoms with Gasteiger partial charge in [0.2, 0.25) is 0 Å². The molecule has 0 saturated heterocycles. The fourth-order valence-electron chi connectivity index (χ4n) is 1.48. The first kappa shape index (κ1) is 16.7. The minimum atomic E-state index is -1.13. The SMILES string of the molecule is COC(=O)[C@@](C)(N)c1ccc(OC(C)C)cc1.Cl. The van der Waals surface area contributed by atoms with Gasteiger partial charge in [0.05, 0.1) is 13.2 Å². The highest BCUT2D eigenvalue weighted by Crippen LogP contribution is 2.22. The van der Waals surface area contributed by atoms with Crippen molar-refractivity contribution in [3.8, 4) is 5.75 Å². The Morgan fingerprint density at radius 2 is 1.78 bits per heavy atom. The zero-order valence-electron chi connectivity index (χ0n) is 11.1. The van der Waals surface area contributed by atoms with Crippen molar-refractivity contribution in [2.45, 2.75) is 32.4 Å². The van der Waals surface area contributed by atoms with Gasteiger partial charge in [0.1, 0.15) is 11.3 Å². The van der Waals surface area contributed by atoms with Crippen molar-refractivity contribution >= 4 is 18.4 Å². The van der Waals surface area contributed by atoms with Crippen LogP contribution in [0.1, 0.15) is 26.3 Å². The van der Waals surface area contributed by atoms with Crippen molar-refractivity contribution in [2.75, 3.05) is 7.11 Å². The van der Waals surface area contributed by atoms with Crippen LogP contribution in [0.25, 0.3) is 0 Å². The summed E-state index contributed by atoms with van der Waals surface area (Å²) < 4.78 is 10.2. The van der Waals surface area contributed by atoms with Gasteiger partial charge in [-0.1, -0.05) is 12.1 Å². The molecule has 0 amide bonds. The molecule has 1 aromatic rings. The Kier molecular flexibility index (Phi) is 6.15. The average Bonchev–Trinajstić information content (AvgIpc) is 2.27. The van der Waals surface area contributed by atoms with Crippen LogP contribution in [0.2, 0.25) is 0 Å². The number of ether oxygens (including phenoxy) is 2. The predicted molar refractivity (Wildman–Crippen MR) is 73.0 cm³/mol. The molecule has 0 aliphatic carbocycles. The van der Waals surface area contributed by atoms with Crippen LogP contribution in [0.15, 0.2) is 24.3 Å². The lowest BCUT2D eigenvalue weighted by Gasteiger charge is -2.22. The molecule has 0 aliphatic heterocycles. The molecule has 102 valence electrons. The van der Waals surface area contributed by atoms with Crippen LogP contribution in [0.3, 0.4) is 0 Å². The first-order chi connectivity index (χ1) is 7.87. The summed E-state index contributed by atoms with van der Waals surface area (Å²) in [4.78, 5) is 11.5. The molecule has 4 nitrogen and oxygen atoms in total. The maximum Gasteiger partial charge on any atom is 0.330 e. The fourth-order valence-corrected chi connectivity index (χ4v) is 1.48. The standard InChI is InChI=1S/C13H19NO3.ClH/c1-9(2)17-11-7-5-10(6-8-11)13(3,14)12(15)16-4;/h5-9H,14H2,1-4H3;1H/t13-;/m0./s1. The summed E-state index contributed by atoms with van der Waals surface area (Å²) in [6.45, 7) is 5.53. The van der Waals surface area contributed by atoms with Gasteiger partial charge in [-0.05, 0) is 38.5 Å². The number of halogens is 1. The van der Waals surface area contributed by atoms with Crippen LogP contribution in [0, 0.1) is 0 Å². The van der Waals surface area contributed by atoms with Gasteiger partial charge in [0.25, 0.3) is 0 Å². The van der Waals surface area contributed by atoms with Gasteiger partial charge in [0, 0.05) is 0 Å². The third kappa shape index (κ3) is 3.89. The minimum Gasteiger partial charge on any atom is -0.491 e. The maximum atomic E-state index is 11.5. The number of nitrogens with two attached hydrogens (primary N) is 1. The topological polar surface area (TPSA) is 61.5 Å². The monoisotopic (exact) mass is 273 g/mol. The number of hydrogen-bond acceptors (Lipinski definition) is 4. The lowest BCUT2D eigenvalue weighted by Crippen LogP contribution is -2.42. The van der Waals surface area contributed by atoms with Crippen LogP contribution < -0.4 is 10.5 Å². The lowest BCUT2D eigenvalue weighted by molar-refractivity contribution is -0.146. The van der Waals surface area contributed by atoms with E-state index in [0.717, 1.165) is 5.75 Å². The highest BCUT2D eigenvalue weighted by atomic mass is 35.5. The molecular weight excluding hydrogens is 254 g/mol. The Morgan fingerprint density at radius 3 is 2.17 bits per heavy atom. The quantitative estimate of drug-likeness (QED) is 0.855. The van der Waals surface area contributed by atoms with Gasteiger partial charge >= 0.3 is 5.97 Å². The summed E-state index contributed by atoms with van der Waals surface area (Å²) in [6.07, 6.45) is 0.116. The number of carbonyl (C=O) groups excluding carboxylic acids is 1. The molecule has 0 aromatic heterocycles. The number of carbonyl (C=O) groups is 1. The average molecular weight is 274 g/mol. The van der Waals surface area contributed by atoms with Crippen LogP contribution in [-0.2, 0) is 15.1 Å². The molecule has 0 aliphatic rings. The van der Waals surface area contributed by atoms with E-state index in [0.29, 0.717) is 5.56 Å². The Bertz CT molecular complexity index is 388. The molecule has 0 heterocycles. The van der Waals surface area contributed by atoms with E-state index < -0.39 is 11.5 Å². The number of hydrogen-bond donors (Lipinski definition) is 1. The van der Waals surface area contributed by atoms with Crippen LogP contribution in [0.4, 0.5) is 0 Å². The summed E-state index contributed by atoms with van der Waals surface area (Å²) in [5.74, 6) is 0.291. The van der Waals surface area contributed by atoms with Gasteiger partial charge in [-0.25, -0.2) is 4.79 Å². The third-order valence-corrected chi connectivity index (χ3v) is 2.44. The predicted octanol–water partition coefficient (Wildman–Crippen LogP) is 2.24. The Labute approximate surface area is 114 Å². The van der Waals surface area contributed by atoms with E-state index in [2.05, 4.69) is 4.74 Å². The van der Waals surface area contributed by atoms with Crippen molar-refractivity contribution in [1.29, 1.82) is 0 Å². The molecule has 5 heteroatoms. The molecule has 0 bridgehead atoms. The molecule has 0 saturated carbocycles. The van der Waals surface area contributed by atoms with E-state index in [4.69, 9.17) is 10.5 Å². The number of methoxy groups -OCH3 is 1. The first-order valence-electron chi connectivity index (χ1n) is 5.52. The second kappa shape index (κ2) is 6.61. The second-order valence-corrected chi connectivity index (χ2v) is 4.38. The third-order valence-electron chi connectivity index (χ3n) is 2.44. The van der Waals surface area contributed by atoms with Crippen molar-refractivity contribution < 1.29 is 14.3 Å². The summed E-state index contributed by atoms with van der Waals surface area (Å²) in [7, 11) is 1.32. The fraction of sp³-hybridized carbons (Fsp3) is 0.462. The molecule has 1 aromatic carbocycles. The van der Waals surface area contributed by atoms with Crippen molar-refractivity contribution in [1.82, 2.24) is 0 Å². The maximum absolute atomic E-state index is 11.5. The summed E-state index contributed by atoms with van der Waals surface area (Å²) in [5, 5.41) is 0. The van der Waals surface area contributed by atoms with Crippen LogP contribution in [-0.4, -0.2) is 19.2 Å². The number of esters is 1. The molecule has 18 heavy (non-hydrogen) atoms. The Balaban J connectivity index is 0.00000289. The highest BCUT2D eigenvalue weighted by Gasteiger charge is 2.31. The first-order valence-corrected chi connectivity index (χ1v) is 5.52. The number of benzene rings is 1. The van der Waals surface area contributed by atoms with E-state index in [1.54, 1.807) is 31.2 Å². The zero-order valence-corrected chi connectivity index (χ0v) is 11.9. The van der Waals surface area contributed by atoms with E-state index >= 15 is 0 Å². The van der Waals surface area contributed by atoms with Crippen LogP contribution >= 0.6 is 12.4 Å². The van der Waals surface area contributed by atoms with Gasteiger partial charge in [-0.2, -0.15) is 0 Å².